The third-order valence-corrected chi connectivity index (χ3v) is 15.1. The van der Waals surface area contributed by atoms with Crippen molar-refractivity contribution in [1.82, 2.24) is 34.6 Å². The Morgan fingerprint density at radius 2 is 1.52 bits per heavy atom. The van der Waals surface area contributed by atoms with Crippen molar-refractivity contribution in [2.75, 3.05) is 77.5 Å². The molecule has 3 aromatic heterocycles. The maximum Gasteiger partial charge on any atom is 0.410 e. The summed E-state index contributed by atoms with van der Waals surface area (Å²) >= 11 is 16.2. The predicted octanol–water partition coefficient (Wildman–Crippen LogP) is 10.2. The number of likely N-dealkylation sites (N-methyl/N-ethyl adjacent to an activating group) is 1. The predicted molar refractivity (Wildman–Crippen MR) is 288 cm³/mol. The minimum absolute atomic E-state index is 0.0422. The van der Waals surface area contributed by atoms with Gasteiger partial charge >= 0.3 is 12.1 Å². The van der Waals surface area contributed by atoms with Crippen LogP contribution in [0, 0.1) is 19.7 Å². The number of rotatable bonds is 8. The van der Waals surface area contributed by atoms with E-state index in [0.717, 1.165) is 31.1 Å². The molecule has 398 valence electrons. The maximum atomic E-state index is 14.6. The summed E-state index contributed by atoms with van der Waals surface area (Å²) in [6.07, 6.45) is 0.857. The minimum atomic E-state index is -1.28. The maximum absolute atomic E-state index is 14.6. The number of benzene rings is 3. The molecule has 0 radical (unpaired) electrons. The molecule has 3 aromatic carbocycles. The molecular formula is C55H63Cl2FN8O8S. The van der Waals surface area contributed by atoms with Gasteiger partial charge in [0.05, 0.1) is 21.1 Å². The monoisotopic (exact) mass is 1080 g/mol. The summed E-state index contributed by atoms with van der Waals surface area (Å²) in [5.41, 5.74) is 3.08. The van der Waals surface area contributed by atoms with Crippen LogP contribution in [-0.2, 0) is 27.3 Å². The number of amides is 1. The minimum Gasteiger partial charge on any atom is -0.490 e. The smallest absolute Gasteiger partial charge is 0.410 e. The highest BCUT2D eigenvalue weighted by Crippen LogP contribution is 2.53. The zero-order chi connectivity index (χ0) is 53.3. The molecule has 0 saturated carbocycles. The van der Waals surface area contributed by atoms with Crippen LogP contribution in [0.5, 0.6) is 23.1 Å². The fraction of sp³-hybridized carbons (Fsp3) is 0.455. The number of halogens is 3. The molecule has 0 spiro atoms. The highest BCUT2D eigenvalue weighted by Gasteiger charge is 2.34. The van der Waals surface area contributed by atoms with E-state index in [4.69, 9.17) is 66.6 Å². The number of ether oxygens (including phenoxy) is 6. The number of thiophene rings is 1. The van der Waals surface area contributed by atoms with Gasteiger partial charge < -0.3 is 43.1 Å². The second kappa shape index (κ2) is 22.3. The SMILES string of the molecule is Cc1c(Cl)c2c(Cl)c(C)c1-c1c(-c3ccc(F)cc3)sc3ncnc(c13)O[C@@H](C(=O)OC(C)(C)C)Cc1cc(ccc1OCc1ccnc(N3CCN(C(=O)OC(C)(C)C)CC3)n1)OC[C@@H](CN1CCN(C)CC1)O2. The number of carbonyl (C=O) groups excluding carboxylic acids is 2. The van der Waals surface area contributed by atoms with E-state index in [9.17, 15) is 14.0 Å². The molecule has 4 bridgehead atoms. The van der Waals surface area contributed by atoms with Gasteiger partial charge in [-0.1, -0.05) is 35.3 Å². The average molecular weight is 1090 g/mol. The summed E-state index contributed by atoms with van der Waals surface area (Å²) in [5, 5.41) is 1.12. The Morgan fingerprint density at radius 1 is 0.827 bits per heavy atom. The van der Waals surface area contributed by atoms with E-state index >= 15 is 0 Å². The lowest BCUT2D eigenvalue weighted by Gasteiger charge is -2.35. The van der Waals surface area contributed by atoms with Crippen molar-refractivity contribution in [2.24, 2.45) is 0 Å². The van der Waals surface area contributed by atoms with E-state index in [1.807, 2.05) is 51.7 Å². The van der Waals surface area contributed by atoms with Crippen LogP contribution in [0.25, 0.3) is 31.8 Å². The van der Waals surface area contributed by atoms with Crippen LogP contribution in [0.4, 0.5) is 15.1 Å². The molecule has 7 heterocycles. The van der Waals surface area contributed by atoms with E-state index in [2.05, 4.69) is 21.8 Å². The first kappa shape index (κ1) is 53.8. The molecule has 0 unspecified atom stereocenters. The largest absolute Gasteiger partial charge is 0.490 e. The third-order valence-electron chi connectivity index (χ3n) is 13.0. The quantitative estimate of drug-likeness (QED) is 0.133. The van der Waals surface area contributed by atoms with Crippen LogP contribution >= 0.6 is 34.5 Å². The Kier molecular flexibility index (Phi) is 16.0. The topological polar surface area (TPSA) is 154 Å². The van der Waals surface area contributed by atoms with Crippen molar-refractivity contribution in [1.29, 1.82) is 0 Å². The van der Waals surface area contributed by atoms with Crippen LogP contribution in [0.3, 0.4) is 0 Å². The number of piperazine rings is 2. The summed E-state index contributed by atoms with van der Waals surface area (Å²) < 4.78 is 53.2. The van der Waals surface area contributed by atoms with Crippen molar-refractivity contribution in [3.05, 3.63) is 99.3 Å². The van der Waals surface area contributed by atoms with E-state index in [1.165, 1.54) is 29.8 Å². The van der Waals surface area contributed by atoms with E-state index in [1.54, 1.807) is 56.1 Å². The number of aromatic nitrogens is 4. The zero-order valence-electron chi connectivity index (χ0n) is 43.8. The molecular weight excluding hydrogens is 1020 g/mol. The fourth-order valence-electron chi connectivity index (χ4n) is 9.26. The van der Waals surface area contributed by atoms with Gasteiger partial charge in [-0.05, 0) is 121 Å². The van der Waals surface area contributed by atoms with Crippen molar-refractivity contribution in [2.45, 2.75) is 91.8 Å². The molecule has 4 aliphatic heterocycles. The highest BCUT2D eigenvalue weighted by molar-refractivity contribution is 7.22. The first-order valence-corrected chi connectivity index (χ1v) is 26.7. The van der Waals surface area contributed by atoms with Gasteiger partial charge in [-0.15, -0.1) is 11.3 Å². The number of hydrogen-bond acceptors (Lipinski definition) is 16. The lowest BCUT2D eigenvalue weighted by atomic mass is 9.92. The second-order valence-electron chi connectivity index (χ2n) is 21.1. The summed E-state index contributed by atoms with van der Waals surface area (Å²) in [5.74, 6) is 0.835. The first-order valence-electron chi connectivity index (χ1n) is 25.1. The lowest BCUT2D eigenvalue weighted by Crippen LogP contribution is -2.50. The van der Waals surface area contributed by atoms with Gasteiger partial charge in [-0.3, -0.25) is 4.90 Å². The van der Waals surface area contributed by atoms with Gasteiger partial charge in [-0.25, -0.2) is 33.9 Å². The van der Waals surface area contributed by atoms with Crippen LogP contribution in [0.1, 0.15) is 63.9 Å². The van der Waals surface area contributed by atoms with E-state index in [0.29, 0.717) is 115 Å². The van der Waals surface area contributed by atoms with Gasteiger partial charge in [0.15, 0.2) is 5.75 Å². The Morgan fingerprint density at radius 3 is 2.20 bits per heavy atom. The molecule has 1 amide bonds. The van der Waals surface area contributed by atoms with Crippen LogP contribution in [0.15, 0.2) is 61.1 Å². The normalized spacial score (nSPS) is 18.0. The van der Waals surface area contributed by atoms with Crippen molar-refractivity contribution >= 4 is 62.8 Å². The molecule has 0 N–H and O–H groups in total. The molecule has 2 fully saturated rings. The van der Waals surface area contributed by atoms with Gasteiger partial charge in [0.2, 0.25) is 17.9 Å². The van der Waals surface area contributed by atoms with Gasteiger partial charge in [0.1, 0.15) is 59.0 Å². The Hall–Kier alpha value is -6.05. The molecule has 2 atom stereocenters. The molecule has 0 aliphatic carbocycles. The molecule has 75 heavy (non-hydrogen) atoms. The Balaban J connectivity index is 1.12. The van der Waals surface area contributed by atoms with Crippen molar-refractivity contribution in [3.63, 3.8) is 0 Å². The molecule has 16 nitrogen and oxygen atoms in total. The highest BCUT2D eigenvalue weighted by atomic mass is 35.5. The Labute approximate surface area is 451 Å². The third kappa shape index (κ3) is 12.6. The number of nitrogens with zero attached hydrogens (tertiary/aromatic N) is 8. The standard InChI is InChI=1S/C55H63Cl2FN8O8S/c1-32-42-33(2)46(57)47(45(32)56)71-39(28-64-20-18-63(9)19-21-64)30-69-38-14-15-40(70-29-37-16-17-59-52(62-37)65-22-24-66(25-23-65)53(68)74-55(6,7)8)35(26-38)27-41(51(67)73-54(3,4)5)72-49-44-43(42)48(75-50(44)61-31-60-49)34-10-12-36(58)13-11-34/h10-17,26,31,39,41H,18-25,27-30H2,1-9H3/t39-,41-/m1/s1. The van der Waals surface area contributed by atoms with Gasteiger partial charge in [0.25, 0.3) is 0 Å². The molecule has 4 aliphatic rings. The molecule has 10 rings (SSSR count). The van der Waals surface area contributed by atoms with Crippen LogP contribution in [-0.4, -0.2) is 143 Å². The average Bonchev–Trinajstić information content (AvgIpc) is 3.77. The second-order valence-corrected chi connectivity index (χ2v) is 22.9. The summed E-state index contributed by atoms with van der Waals surface area (Å²) in [6.45, 7) is 20.8. The number of fused-ring (bicyclic) bond motifs is 7. The summed E-state index contributed by atoms with van der Waals surface area (Å²) in [6, 6.07) is 13.4. The van der Waals surface area contributed by atoms with Crippen LogP contribution in [0.2, 0.25) is 10.0 Å². The zero-order valence-corrected chi connectivity index (χ0v) is 46.1. The number of esters is 1. The van der Waals surface area contributed by atoms with Crippen LogP contribution < -0.4 is 23.8 Å². The number of anilines is 1. The van der Waals surface area contributed by atoms with Crippen molar-refractivity contribution < 1.29 is 42.4 Å². The van der Waals surface area contributed by atoms with Crippen molar-refractivity contribution in [3.8, 4) is 44.7 Å². The number of carbonyl (C=O) groups is 2. The Bertz CT molecular complexity index is 3030. The first-order chi connectivity index (χ1) is 35.7. The number of hydrogen-bond donors (Lipinski definition) is 0. The van der Waals surface area contributed by atoms with E-state index in [-0.39, 0.29) is 37.4 Å². The molecule has 6 aromatic rings. The summed E-state index contributed by atoms with van der Waals surface area (Å²) in [7, 11) is 2.11. The summed E-state index contributed by atoms with van der Waals surface area (Å²) in [4.78, 5) is 55.9. The van der Waals surface area contributed by atoms with Gasteiger partial charge in [-0.2, -0.15) is 0 Å². The lowest BCUT2D eigenvalue weighted by molar-refractivity contribution is -0.163. The fourth-order valence-corrected chi connectivity index (χ4v) is 10.9. The van der Waals surface area contributed by atoms with E-state index < -0.39 is 29.4 Å². The van der Waals surface area contributed by atoms with Gasteiger partial charge in [0, 0.05) is 87.5 Å². The molecule has 20 heteroatoms. The molecule has 2 saturated heterocycles.